The van der Waals surface area contributed by atoms with Gasteiger partial charge in [0.05, 0.1) is 9.81 Å². The van der Waals surface area contributed by atoms with Gasteiger partial charge in [-0.2, -0.15) is 0 Å². The summed E-state index contributed by atoms with van der Waals surface area (Å²) < 4.78 is 0.624. The van der Waals surface area contributed by atoms with Gasteiger partial charge in [-0.05, 0) is 12.8 Å². The van der Waals surface area contributed by atoms with E-state index in [1.54, 1.807) is 0 Å². The van der Waals surface area contributed by atoms with Crippen molar-refractivity contribution >= 4 is 80.2 Å². The van der Waals surface area contributed by atoms with Gasteiger partial charge in [-0.15, -0.1) is 0 Å². The van der Waals surface area contributed by atoms with E-state index in [4.69, 9.17) is 24.4 Å². The van der Waals surface area contributed by atoms with Crippen LogP contribution in [0.2, 0.25) is 0 Å². The van der Waals surface area contributed by atoms with Gasteiger partial charge in [-0.1, -0.05) is 74.6 Å². The largest absolute Gasteiger partial charge is 0.356 e. The first-order valence-corrected chi connectivity index (χ1v) is 13.1. The number of carbonyl (C=O) groups is 4. The van der Waals surface area contributed by atoms with E-state index in [1.807, 2.05) is 13.8 Å². The lowest BCUT2D eigenvalue weighted by Crippen LogP contribution is -2.34. The lowest BCUT2D eigenvalue weighted by molar-refractivity contribution is -0.126. The van der Waals surface area contributed by atoms with Crippen LogP contribution in [-0.2, 0) is 19.2 Å². The van der Waals surface area contributed by atoms with E-state index in [0.29, 0.717) is 21.7 Å². The number of thiocarbonyl (C=S) groups is 2. The van der Waals surface area contributed by atoms with Crippen LogP contribution in [0.4, 0.5) is 0 Å². The Morgan fingerprint density at radius 1 is 0.781 bits per heavy atom. The second-order valence-corrected chi connectivity index (χ2v) is 10.5. The Kier molecular flexibility index (Phi) is 11.1. The lowest BCUT2D eigenvalue weighted by Gasteiger charge is -2.14. The molecular weight excluding hydrogens is 489 g/mol. The van der Waals surface area contributed by atoms with E-state index in [1.165, 1.54) is 9.80 Å². The molecule has 2 aliphatic rings. The molecule has 2 saturated heterocycles. The highest BCUT2D eigenvalue weighted by Crippen LogP contribution is 2.42. The van der Waals surface area contributed by atoms with Crippen molar-refractivity contribution in [2.45, 2.75) is 52.4 Å². The summed E-state index contributed by atoms with van der Waals surface area (Å²) in [4.78, 5) is 52.8. The van der Waals surface area contributed by atoms with E-state index in [0.717, 1.165) is 49.2 Å². The third-order valence-corrected chi connectivity index (χ3v) is 7.76. The van der Waals surface area contributed by atoms with Crippen LogP contribution in [0.5, 0.6) is 0 Å². The third-order valence-electron chi connectivity index (χ3n) is 4.73. The zero-order valence-electron chi connectivity index (χ0n) is 18.2. The Morgan fingerprint density at radius 2 is 1.16 bits per heavy atom. The highest BCUT2D eigenvalue weighted by molar-refractivity contribution is 8.29. The molecular formula is C20H28N4O4S4. The molecule has 0 aromatic rings. The van der Waals surface area contributed by atoms with Gasteiger partial charge in [0.25, 0.3) is 11.8 Å². The predicted octanol–water partition coefficient (Wildman–Crippen LogP) is 2.53. The molecule has 2 rings (SSSR count). The van der Waals surface area contributed by atoms with Crippen molar-refractivity contribution in [1.82, 2.24) is 20.4 Å². The van der Waals surface area contributed by atoms with Gasteiger partial charge in [0.1, 0.15) is 8.64 Å². The highest BCUT2D eigenvalue weighted by Gasteiger charge is 2.42. The molecule has 0 radical (unpaired) electrons. The monoisotopic (exact) mass is 516 g/mol. The first kappa shape index (κ1) is 26.7. The summed E-state index contributed by atoms with van der Waals surface area (Å²) in [6.45, 7) is 5.60. The van der Waals surface area contributed by atoms with Crippen LogP contribution < -0.4 is 10.6 Å². The first-order valence-electron chi connectivity index (χ1n) is 10.6. The molecule has 32 heavy (non-hydrogen) atoms. The summed E-state index contributed by atoms with van der Waals surface area (Å²) in [7, 11) is 0. The fourth-order valence-corrected chi connectivity index (χ4v) is 5.64. The SMILES string of the molecule is CCCCNC(=O)CCN1C(=O)/C(=C2\SC(=S)N(CCC(=O)NCCCC)C2=O)SC1=S. The van der Waals surface area contributed by atoms with Gasteiger partial charge in [0, 0.05) is 39.0 Å². The summed E-state index contributed by atoms with van der Waals surface area (Å²) >= 11 is 12.7. The summed E-state index contributed by atoms with van der Waals surface area (Å²) in [6, 6.07) is 0. The van der Waals surface area contributed by atoms with Crippen LogP contribution in [0.15, 0.2) is 9.81 Å². The second kappa shape index (κ2) is 13.3. The summed E-state index contributed by atoms with van der Waals surface area (Å²) in [6.07, 6.45) is 4.03. The Hall–Kier alpha value is -1.50. The Morgan fingerprint density at radius 3 is 1.50 bits per heavy atom. The minimum Gasteiger partial charge on any atom is -0.356 e. The second-order valence-electron chi connectivity index (χ2n) is 7.21. The van der Waals surface area contributed by atoms with Crippen LogP contribution in [0.1, 0.15) is 52.4 Å². The molecule has 176 valence electrons. The van der Waals surface area contributed by atoms with Crippen molar-refractivity contribution < 1.29 is 19.2 Å². The van der Waals surface area contributed by atoms with E-state index in [-0.39, 0.29) is 59.4 Å². The van der Waals surface area contributed by atoms with Gasteiger partial charge < -0.3 is 10.6 Å². The van der Waals surface area contributed by atoms with Crippen molar-refractivity contribution in [2.24, 2.45) is 0 Å². The van der Waals surface area contributed by atoms with Crippen LogP contribution in [0.25, 0.3) is 0 Å². The van der Waals surface area contributed by atoms with E-state index >= 15 is 0 Å². The number of unbranched alkanes of at least 4 members (excludes halogenated alkanes) is 2. The molecule has 0 bridgehead atoms. The molecule has 2 N–H and O–H groups in total. The number of amides is 4. The van der Waals surface area contributed by atoms with Crippen molar-refractivity contribution in [1.29, 1.82) is 0 Å². The number of hydrogen-bond donors (Lipinski definition) is 2. The number of hydrogen-bond acceptors (Lipinski definition) is 8. The molecule has 0 aromatic heterocycles. The number of nitrogens with zero attached hydrogens (tertiary/aromatic N) is 2. The standard InChI is InChI=1S/C20H28N4O4S4/c1-3-5-9-21-13(25)7-11-23-17(27)15(31-19(23)29)16-18(28)24(20(30)32-16)12-8-14(26)22-10-6-4-2/h3-12H2,1-2H3,(H,21,25)(H,22,26)/b16-15+. The number of rotatable bonds is 12. The van der Waals surface area contributed by atoms with Crippen LogP contribution in [0.3, 0.4) is 0 Å². The van der Waals surface area contributed by atoms with E-state index in [9.17, 15) is 19.2 Å². The van der Waals surface area contributed by atoms with Crippen LogP contribution >= 0.6 is 48.0 Å². The summed E-state index contributed by atoms with van der Waals surface area (Å²) in [5, 5.41) is 5.62. The van der Waals surface area contributed by atoms with E-state index in [2.05, 4.69) is 10.6 Å². The van der Waals surface area contributed by atoms with Crippen LogP contribution in [0, 0.1) is 0 Å². The van der Waals surface area contributed by atoms with Gasteiger partial charge in [-0.3, -0.25) is 29.0 Å². The zero-order valence-corrected chi connectivity index (χ0v) is 21.5. The highest BCUT2D eigenvalue weighted by atomic mass is 32.2. The molecule has 2 heterocycles. The van der Waals surface area contributed by atoms with Crippen molar-refractivity contribution in [2.75, 3.05) is 26.2 Å². The maximum absolute atomic E-state index is 12.9. The summed E-state index contributed by atoms with van der Waals surface area (Å²) in [5.41, 5.74) is 0. The van der Waals surface area contributed by atoms with Crippen molar-refractivity contribution in [3.05, 3.63) is 9.81 Å². The maximum atomic E-state index is 12.9. The maximum Gasteiger partial charge on any atom is 0.267 e. The topological polar surface area (TPSA) is 98.8 Å². The number of nitrogens with one attached hydrogen (secondary N) is 2. The predicted molar refractivity (Wildman–Crippen MR) is 136 cm³/mol. The molecule has 0 aromatic carbocycles. The average molecular weight is 517 g/mol. The molecule has 2 fully saturated rings. The Bertz CT molecular complexity index is 764. The van der Waals surface area contributed by atoms with Gasteiger partial charge in [-0.25, -0.2) is 0 Å². The fraction of sp³-hybridized carbons (Fsp3) is 0.600. The molecule has 0 aliphatic carbocycles. The fourth-order valence-electron chi connectivity index (χ4n) is 2.87. The Labute approximate surface area is 207 Å². The van der Waals surface area contributed by atoms with Gasteiger partial charge in [0.2, 0.25) is 11.8 Å². The average Bonchev–Trinajstić information content (AvgIpc) is 3.19. The van der Waals surface area contributed by atoms with Gasteiger partial charge in [0.15, 0.2) is 0 Å². The van der Waals surface area contributed by atoms with E-state index < -0.39 is 0 Å². The third kappa shape index (κ3) is 7.26. The zero-order chi connectivity index (χ0) is 23.7. The van der Waals surface area contributed by atoms with Gasteiger partial charge >= 0.3 is 0 Å². The smallest absolute Gasteiger partial charge is 0.267 e. The first-order chi connectivity index (χ1) is 15.3. The van der Waals surface area contributed by atoms with Crippen molar-refractivity contribution in [3.63, 3.8) is 0 Å². The quantitative estimate of drug-likeness (QED) is 0.232. The molecule has 0 atom stereocenters. The van der Waals surface area contributed by atoms with Crippen molar-refractivity contribution in [3.8, 4) is 0 Å². The number of carbonyl (C=O) groups excluding carboxylic acids is 4. The summed E-state index contributed by atoms with van der Waals surface area (Å²) in [5.74, 6) is -1.06. The molecule has 0 unspecified atom stereocenters. The molecule has 0 spiro atoms. The normalized spacial score (nSPS) is 18.7. The molecule has 0 saturated carbocycles. The van der Waals surface area contributed by atoms with Crippen LogP contribution in [-0.4, -0.2) is 68.2 Å². The lowest BCUT2D eigenvalue weighted by atomic mass is 10.3. The minimum absolute atomic E-state index is 0.136. The molecule has 4 amide bonds. The molecule has 12 heteroatoms. The molecule has 8 nitrogen and oxygen atoms in total. The molecule has 2 aliphatic heterocycles. The number of thioether (sulfide) groups is 2. The minimum atomic E-state index is -0.390. The Balaban J connectivity index is 1.96.